The molecule has 9 heterocycles. The molecule has 0 atom stereocenters. The van der Waals surface area contributed by atoms with Gasteiger partial charge in [-0.15, -0.1) is 0 Å². The Morgan fingerprint density at radius 2 is 0.734 bits per heavy atom. The summed E-state index contributed by atoms with van der Waals surface area (Å²) in [4.78, 5) is 93.4. The van der Waals surface area contributed by atoms with Gasteiger partial charge in [0.2, 0.25) is 14.9 Å². The van der Waals surface area contributed by atoms with Gasteiger partial charge in [0.15, 0.2) is 0 Å². The molecule has 0 spiro atoms. The van der Waals surface area contributed by atoms with Gasteiger partial charge in [-0.25, -0.2) is 0 Å². The highest BCUT2D eigenvalue weighted by atomic mass is 79.9. The normalized spacial score (nSPS) is 11.9. The fourth-order valence-electron chi connectivity index (χ4n) is 7.03. The summed E-state index contributed by atoms with van der Waals surface area (Å²) in [6.07, 6.45) is 4.89. The Labute approximate surface area is 478 Å². The third-order valence-electron chi connectivity index (χ3n) is 10.7. The number of nitrogens with zero attached hydrogens (tertiary/aromatic N) is 9. The number of furan rings is 3. The standard InChI is InChI=1S/3C17H10BrN3O3S.C2H4O2/c3*1-9-15(22)19-17-21(20-9)16(23)14(25-17)8-12-5-6-13(24-12)10-3-2-4-11(18)7-10;1-2(3)4/h3*2-8H,1H3;1H3,(H,3,4)/b3*14-8-;. The summed E-state index contributed by atoms with van der Waals surface area (Å²) in [6.45, 7) is 5.66. The maximum absolute atomic E-state index is 12.4. The molecular weight excluding hydrogens is 1270 g/mol. The van der Waals surface area contributed by atoms with Crippen molar-refractivity contribution in [3.63, 3.8) is 0 Å². The number of benzene rings is 3. The van der Waals surface area contributed by atoms with E-state index in [1.54, 1.807) is 36.4 Å². The summed E-state index contributed by atoms with van der Waals surface area (Å²) >= 11 is 13.6. The summed E-state index contributed by atoms with van der Waals surface area (Å²) in [5.74, 6) is 2.88. The predicted octanol–water partition coefficient (Wildman–Crippen LogP) is 7.26. The zero-order valence-electron chi connectivity index (χ0n) is 41.0. The predicted molar refractivity (Wildman–Crippen MR) is 310 cm³/mol. The number of hydrogen-bond acceptors (Lipinski definition) is 19. The molecule has 12 aromatic rings. The highest BCUT2D eigenvalue weighted by molar-refractivity contribution is 9.11. The molecule has 20 nitrogen and oxygen atoms in total. The first-order valence-electron chi connectivity index (χ1n) is 22.8. The van der Waals surface area contributed by atoms with Gasteiger partial charge >= 0.3 is 0 Å². The van der Waals surface area contributed by atoms with Gasteiger partial charge in [-0.05, 0) is 93.6 Å². The first-order valence-corrected chi connectivity index (χ1v) is 27.6. The molecule has 12 rings (SSSR count). The van der Waals surface area contributed by atoms with Gasteiger partial charge in [-0.1, -0.05) is 118 Å². The number of aromatic nitrogens is 9. The van der Waals surface area contributed by atoms with Crippen molar-refractivity contribution in [2.45, 2.75) is 27.7 Å². The maximum Gasteiger partial charge on any atom is 0.300 e. The summed E-state index contributed by atoms with van der Waals surface area (Å²) in [7, 11) is 0. The summed E-state index contributed by atoms with van der Waals surface area (Å²) < 4.78 is 24.9. The summed E-state index contributed by atoms with van der Waals surface area (Å²) in [5, 5.41) is 19.4. The number of carboxylic acid groups (broad SMARTS) is 1. The molecule has 0 saturated carbocycles. The van der Waals surface area contributed by atoms with Crippen LogP contribution in [0.1, 0.15) is 41.3 Å². The van der Waals surface area contributed by atoms with Crippen molar-refractivity contribution in [3.05, 3.63) is 233 Å². The minimum absolute atomic E-state index is 0.189. The molecule has 0 aliphatic carbocycles. The quantitative estimate of drug-likeness (QED) is 0.172. The molecule has 0 bridgehead atoms. The van der Waals surface area contributed by atoms with E-state index in [-0.39, 0.29) is 48.6 Å². The van der Waals surface area contributed by atoms with Crippen LogP contribution in [0.5, 0.6) is 0 Å². The van der Waals surface area contributed by atoms with Crippen LogP contribution in [-0.2, 0) is 4.79 Å². The number of carboxylic acids is 1. The van der Waals surface area contributed by atoms with E-state index < -0.39 is 22.6 Å². The lowest BCUT2D eigenvalue weighted by molar-refractivity contribution is -0.134. The number of hydrogen-bond donors (Lipinski definition) is 1. The van der Waals surface area contributed by atoms with Gasteiger partial charge in [0, 0.05) is 55.3 Å². The Morgan fingerprint density at radius 3 is 0.987 bits per heavy atom. The molecule has 1 N–H and O–H groups in total. The number of halogens is 3. The Hall–Kier alpha value is -8.27. The fraction of sp³-hybridized carbons (Fsp3) is 0.0755. The molecular formula is C53H34Br3N9O11S3. The van der Waals surface area contributed by atoms with Crippen LogP contribution in [0.4, 0.5) is 0 Å². The van der Waals surface area contributed by atoms with Crippen molar-refractivity contribution >= 4 is 121 Å². The molecule has 0 radical (unpaired) electrons. The van der Waals surface area contributed by atoms with E-state index in [0.717, 1.165) is 84.6 Å². The van der Waals surface area contributed by atoms with E-state index in [0.29, 0.717) is 48.2 Å². The van der Waals surface area contributed by atoms with Crippen LogP contribution >= 0.6 is 81.8 Å². The van der Waals surface area contributed by atoms with Gasteiger partial charge in [-0.2, -0.15) is 43.8 Å². The highest BCUT2D eigenvalue weighted by Crippen LogP contribution is 2.28. The molecule has 0 aliphatic heterocycles. The second kappa shape index (κ2) is 23.8. The summed E-state index contributed by atoms with van der Waals surface area (Å²) in [6, 6.07) is 34.1. The number of fused-ring (bicyclic) bond motifs is 3. The van der Waals surface area contributed by atoms with Crippen LogP contribution in [-0.4, -0.2) is 54.9 Å². The first-order chi connectivity index (χ1) is 37.8. The maximum atomic E-state index is 12.4. The van der Waals surface area contributed by atoms with Gasteiger partial charge in [-0.3, -0.25) is 33.6 Å². The summed E-state index contributed by atoms with van der Waals surface area (Å²) in [5.41, 5.74) is 1.10. The van der Waals surface area contributed by atoms with Crippen LogP contribution in [0.2, 0.25) is 0 Å². The number of carbonyl (C=O) groups is 1. The van der Waals surface area contributed by atoms with Crippen LogP contribution in [0.25, 0.3) is 67.1 Å². The van der Waals surface area contributed by atoms with Crippen molar-refractivity contribution in [1.82, 2.24) is 43.8 Å². The number of rotatable bonds is 6. The molecule has 396 valence electrons. The van der Waals surface area contributed by atoms with E-state index in [2.05, 4.69) is 78.0 Å². The van der Waals surface area contributed by atoms with E-state index in [9.17, 15) is 28.8 Å². The molecule has 26 heteroatoms. The van der Waals surface area contributed by atoms with E-state index in [1.807, 2.05) is 91.0 Å². The van der Waals surface area contributed by atoms with Crippen LogP contribution in [0, 0.1) is 20.8 Å². The van der Waals surface area contributed by atoms with Crippen LogP contribution < -0.4 is 47.0 Å². The average Bonchev–Trinajstić information content (AvgIpc) is 4.34. The molecule has 0 aliphatic rings. The van der Waals surface area contributed by atoms with Gasteiger partial charge in [0.1, 0.15) is 65.2 Å². The molecule has 3 aromatic carbocycles. The van der Waals surface area contributed by atoms with Gasteiger partial charge < -0.3 is 18.4 Å². The van der Waals surface area contributed by atoms with E-state index >= 15 is 0 Å². The molecule has 0 fully saturated rings. The van der Waals surface area contributed by atoms with Crippen LogP contribution in [0.3, 0.4) is 0 Å². The Morgan fingerprint density at radius 1 is 0.468 bits per heavy atom. The van der Waals surface area contributed by atoms with Crippen molar-refractivity contribution in [3.8, 4) is 34.0 Å². The van der Waals surface area contributed by atoms with Crippen molar-refractivity contribution < 1.29 is 23.2 Å². The van der Waals surface area contributed by atoms with Crippen molar-refractivity contribution in [1.29, 1.82) is 0 Å². The topological polar surface area (TPSA) is 270 Å². The Kier molecular flexibility index (Phi) is 16.7. The van der Waals surface area contributed by atoms with Gasteiger partial charge in [0.25, 0.3) is 39.3 Å². The SMILES string of the molecule is CC(=O)O.Cc1nn2c(=O)/c(=C/c3ccc(-c4cccc(Br)c4)o3)sc2nc1=O.Cc1nn2c(=O)/c(=C/c3ccc(-c4cccc(Br)c4)o3)sc2nc1=O.Cc1nn2c(=O)/c(=C/c3ccc(-c4cccc(Br)c4)o3)sc2nc1=O. The molecule has 0 unspecified atom stereocenters. The van der Waals surface area contributed by atoms with E-state index in [1.165, 1.54) is 20.8 Å². The van der Waals surface area contributed by atoms with Crippen molar-refractivity contribution in [2.24, 2.45) is 0 Å². The highest BCUT2D eigenvalue weighted by Gasteiger charge is 2.14. The first kappa shape index (κ1) is 55.5. The molecule has 79 heavy (non-hydrogen) atoms. The minimum Gasteiger partial charge on any atom is -0.481 e. The molecule has 9 aromatic heterocycles. The third-order valence-corrected chi connectivity index (χ3v) is 15.0. The number of aliphatic carboxylic acids is 1. The van der Waals surface area contributed by atoms with E-state index in [4.69, 9.17) is 23.2 Å². The lowest BCUT2D eigenvalue weighted by Gasteiger charge is -1.96. The third kappa shape index (κ3) is 13.0. The zero-order valence-corrected chi connectivity index (χ0v) is 48.2. The number of thiazole rings is 3. The molecule has 0 saturated heterocycles. The number of aryl methyl sites for hydroxylation is 3. The smallest absolute Gasteiger partial charge is 0.300 e. The molecule has 0 amide bonds. The lowest BCUT2D eigenvalue weighted by atomic mass is 10.2. The largest absolute Gasteiger partial charge is 0.481 e. The fourth-order valence-corrected chi connectivity index (χ4v) is 10.9. The second-order valence-electron chi connectivity index (χ2n) is 16.5. The lowest BCUT2D eigenvalue weighted by Crippen LogP contribution is -2.27. The van der Waals surface area contributed by atoms with Gasteiger partial charge in [0.05, 0.1) is 0 Å². The monoisotopic (exact) mass is 1300 g/mol. The average molecular weight is 1310 g/mol. The second-order valence-corrected chi connectivity index (χ2v) is 22.3. The Balaban J connectivity index is 0.000000139. The van der Waals surface area contributed by atoms with Crippen LogP contribution in [0.15, 0.2) is 165 Å². The van der Waals surface area contributed by atoms with Crippen molar-refractivity contribution in [2.75, 3.05) is 0 Å². The minimum atomic E-state index is -0.833. The zero-order chi connectivity index (χ0) is 56.2. The Bertz CT molecular complexity index is 4410.